The average Bonchev–Trinajstić information content (AvgIpc) is 2.60. The maximum absolute atomic E-state index is 12.3. The molecule has 0 unspecified atom stereocenters. The molecule has 0 bridgehead atoms. The van der Waals surface area contributed by atoms with Gasteiger partial charge in [-0.2, -0.15) is 0 Å². The quantitative estimate of drug-likeness (QED) is 0.830. The molecule has 1 aromatic carbocycles. The number of nitrogens with zero attached hydrogens (tertiary/aromatic N) is 2. The topological polar surface area (TPSA) is 64.7 Å². The largest absolute Gasteiger partial charge is 0.338 e. The van der Waals surface area contributed by atoms with Crippen molar-refractivity contribution in [2.45, 2.75) is 27.2 Å². The molecule has 1 heterocycles. The first-order valence-corrected chi connectivity index (χ1v) is 9.12. The van der Waals surface area contributed by atoms with Gasteiger partial charge in [-0.15, -0.1) is 0 Å². The SMILES string of the molecule is CCc1ccccc1NC(=O)CN1CCN(C(=O)NCC(C)C)CC1. The summed E-state index contributed by atoms with van der Waals surface area (Å²) in [5.74, 6) is 0.443. The van der Waals surface area contributed by atoms with Crippen LogP contribution in [0.1, 0.15) is 26.3 Å². The summed E-state index contributed by atoms with van der Waals surface area (Å²) in [6, 6.07) is 7.88. The monoisotopic (exact) mass is 346 g/mol. The highest BCUT2D eigenvalue weighted by atomic mass is 16.2. The van der Waals surface area contributed by atoms with Crippen molar-refractivity contribution in [3.8, 4) is 0 Å². The number of rotatable bonds is 6. The molecule has 0 aromatic heterocycles. The molecule has 1 fully saturated rings. The number of piperazine rings is 1. The lowest BCUT2D eigenvalue weighted by Gasteiger charge is -2.34. The van der Waals surface area contributed by atoms with Gasteiger partial charge in [0.2, 0.25) is 5.91 Å². The molecule has 0 spiro atoms. The standard InChI is InChI=1S/C19H30N4O2/c1-4-16-7-5-6-8-17(16)21-18(24)14-22-9-11-23(12-10-22)19(25)20-13-15(2)3/h5-8,15H,4,9-14H2,1-3H3,(H,20,25)(H,21,24). The fraction of sp³-hybridized carbons (Fsp3) is 0.579. The summed E-state index contributed by atoms with van der Waals surface area (Å²) in [6.07, 6.45) is 0.890. The van der Waals surface area contributed by atoms with Crippen LogP contribution in [0.3, 0.4) is 0 Å². The van der Waals surface area contributed by atoms with Crippen molar-refractivity contribution in [3.63, 3.8) is 0 Å². The highest BCUT2D eigenvalue weighted by molar-refractivity contribution is 5.93. The summed E-state index contributed by atoms with van der Waals surface area (Å²) < 4.78 is 0. The molecular formula is C19H30N4O2. The molecule has 0 radical (unpaired) electrons. The van der Waals surface area contributed by atoms with Crippen LogP contribution in [0.4, 0.5) is 10.5 Å². The number of carbonyl (C=O) groups is 2. The van der Waals surface area contributed by atoms with E-state index >= 15 is 0 Å². The Balaban J connectivity index is 1.76. The molecule has 2 rings (SSSR count). The lowest BCUT2D eigenvalue weighted by atomic mass is 10.1. The summed E-state index contributed by atoms with van der Waals surface area (Å²) in [7, 11) is 0. The molecule has 1 saturated heterocycles. The predicted molar refractivity (Wildman–Crippen MR) is 101 cm³/mol. The van der Waals surface area contributed by atoms with E-state index in [1.807, 2.05) is 29.2 Å². The molecule has 1 aromatic rings. The van der Waals surface area contributed by atoms with Gasteiger partial charge in [0.05, 0.1) is 6.54 Å². The van der Waals surface area contributed by atoms with Crippen LogP contribution in [0.5, 0.6) is 0 Å². The minimum absolute atomic E-state index is 0.00129. The molecule has 3 amide bonds. The number of para-hydroxylation sites is 1. The lowest BCUT2D eigenvalue weighted by molar-refractivity contribution is -0.117. The molecule has 1 aliphatic rings. The number of anilines is 1. The highest BCUT2D eigenvalue weighted by Gasteiger charge is 2.22. The third-order valence-corrected chi connectivity index (χ3v) is 4.36. The van der Waals surface area contributed by atoms with E-state index in [9.17, 15) is 9.59 Å². The number of urea groups is 1. The van der Waals surface area contributed by atoms with Crippen LogP contribution in [-0.4, -0.2) is 61.0 Å². The Morgan fingerprint density at radius 3 is 2.44 bits per heavy atom. The molecule has 0 atom stereocenters. The Kier molecular flexibility index (Phi) is 7.25. The summed E-state index contributed by atoms with van der Waals surface area (Å²) in [5.41, 5.74) is 2.03. The van der Waals surface area contributed by atoms with E-state index in [1.54, 1.807) is 0 Å². The van der Waals surface area contributed by atoms with Gasteiger partial charge < -0.3 is 15.5 Å². The van der Waals surface area contributed by atoms with Crippen molar-refractivity contribution in [2.75, 3.05) is 44.6 Å². The molecule has 6 nitrogen and oxygen atoms in total. The normalized spacial score (nSPS) is 15.3. The Morgan fingerprint density at radius 1 is 1.12 bits per heavy atom. The van der Waals surface area contributed by atoms with Gasteiger partial charge >= 0.3 is 6.03 Å². The number of carbonyl (C=O) groups excluding carboxylic acids is 2. The van der Waals surface area contributed by atoms with Crippen LogP contribution < -0.4 is 10.6 Å². The zero-order valence-corrected chi connectivity index (χ0v) is 15.5. The van der Waals surface area contributed by atoms with Gasteiger partial charge in [-0.05, 0) is 24.0 Å². The number of amides is 3. The second-order valence-corrected chi connectivity index (χ2v) is 6.90. The lowest BCUT2D eigenvalue weighted by Crippen LogP contribution is -2.53. The summed E-state index contributed by atoms with van der Waals surface area (Å²) in [4.78, 5) is 28.3. The zero-order valence-electron chi connectivity index (χ0n) is 15.5. The maximum Gasteiger partial charge on any atom is 0.317 e. The smallest absolute Gasteiger partial charge is 0.317 e. The number of nitrogens with one attached hydrogen (secondary N) is 2. The van der Waals surface area contributed by atoms with Crippen LogP contribution in [0.25, 0.3) is 0 Å². The minimum atomic E-state index is -0.00493. The van der Waals surface area contributed by atoms with Crippen LogP contribution >= 0.6 is 0 Å². The molecule has 1 aliphatic heterocycles. The van der Waals surface area contributed by atoms with E-state index in [0.717, 1.165) is 30.8 Å². The highest BCUT2D eigenvalue weighted by Crippen LogP contribution is 2.15. The average molecular weight is 346 g/mol. The van der Waals surface area contributed by atoms with Crippen molar-refractivity contribution in [1.29, 1.82) is 0 Å². The Morgan fingerprint density at radius 2 is 1.80 bits per heavy atom. The van der Waals surface area contributed by atoms with Crippen molar-refractivity contribution in [3.05, 3.63) is 29.8 Å². The van der Waals surface area contributed by atoms with E-state index in [2.05, 4.69) is 36.3 Å². The first kappa shape index (κ1) is 19.2. The van der Waals surface area contributed by atoms with Crippen LogP contribution in [-0.2, 0) is 11.2 Å². The third kappa shape index (κ3) is 6.05. The van der Waals surface area contributed by atoms with Gasteiger partial charge in [-0.3, -0.25) is 9.69 Å². The van der Waals surface area contributed by atoms with Crippen LogP contribution in [0.15, 0.2) is 24.3 Å². The first-order valence-electron chi connectivity index (χ1n) is 9.12. The number of hydrogen-bond acceptors (Lipinski definition) is 3. The molecule has 0 aliphatic carbocycles. The van der Waals surface area contributed by atoms with Crippen LogP contribution in [0.2, 0.25) is 0 Å². The van der Waals surface area contributed by atoms with Crippen LogP contribution in [0, 0.1) is 5.92 Å². The molecule has 138 valence electrons. The van der Waals surface area contributed by atoms with E-state index in [4.69, 9.17) is 0 Å². The minimum Gasteiger partial charge on any atom is -0.338 e. The number of benzene rings is 1. The van der Waals surface area contributed by atoms with Gasteiger partial charge in [0.1, 0.15) is 0 Å². The first-order chi connectivity index (χ1) is 12.0. The third-order valence-electron chi connectivity index (χ3n) is 4.36. The van der Waals surface area contributed by atoms with Crippen molar-refractivity contribution >= 4 is 17.6 Å². The molecule has 6 heteroatoms. The van der Waals surface area contributed by atoms with Gasteiger partial charge in [0.25, 0.3) is 0 Å². The Hall–Kier alpha value is -2.08. The second-order valence-electron chi connectivity index (χ2n) is 6.90. The van der Waals surface area contributed by atoms with E-state index in [-0.39, 0.29) is 11.9 Å². The van der Waals surface area contributed by atoms with Gasteiger partial charge in [-0.1, -0.05) is 39.0 Å². The van der Waals surface area contributed by atoms with Gasteiger partial charge in [0.15, 0.2) is 0 Å². The molecule has 0 saturated carbocycles. The van der Waals surface area contributed by atoms with E-state index < -0.39 is 0 Å². The molecule has 25 heavy (non-hydrogen) atoms. The van der Waals surface area contributed by atoms with E-state index in [1.165, 1.54) is 0 Å². The number of aryl methyl sites for hydroxylation is 1. The van der Waals surface area contributed by atoms with E-state index in [0.29, 0.717) is 32.1 Å². The van der Waals surface area contributed by atoms with Gasteiger partial charge in [0, 0.05) is 38.4 Å². The predicted octanol–water partition coefficient (Wildman–Crippen LogP) is 2.17. The fourth-order valence-electron chi connectivity index (χ4n) is 2.86. The second kappa shape index (κ2) is 9.42. The zero-order chi connectivity index (χ0) is 18.2. The Bertz CT molecular complexity index is 581. The number of hydrogen-bond donors (Lipinski definition) is 2. The maximum atomic E-state index is 12.3. The summed E-state index contributed by atoms with van der Waals surface area (Å²) in [6.45, 7) is 10.0. The Labute approximate surface area is 150 Å². The summed E-state index contributed by atoms with van der Waals surface area (Å²) in [5, 5.41) is 5.94. The fourth-order valence-corrected chi connectivity index (χ4v) is 2.86. The molecule has 2 N–H and O–H groups in total. The molecular weight excluding hydrogens is 316 g/mol. The summed E-state index contributed by atoms with van der Waals surface area (Å²) >= 11 is 0. The van der Waals surface area contributed by atoms with Crippen molar-refractivity contribution < 1.29 is 9.59 Å². The van der Waals surface area contributed by atoms with Gasteiger partial charge in [-0.25, -0.2) is 4.79 Å². The van der Waals surface area contributed by atoms with Crippen molar-refractivity contribution in [1.82, 2.24) is 15.1 Å². The van der Waals surface area contributed by atoms with Crippen molar-refractivity contribution in [2.24, 2.45) is 5.92 Å².